The topological polar surface area (TPSA) is 69.3 Å². The molecule has 0 aliphatic carbocycles. The Labute approximate surface area is 175 Å². The van der Waals surface area contributed by atoms with Gasteiger partial charge in [-0.25, -0.2) is 0 Å². The van der Waals surface area contributed by atoms with Crippen LogP contribution in [0.15, 0.2) is 9.70 Å². The van der Waals surface area contributed by atoms with Crippen LogP contribution in [0.25, 0.3) is 6.08 Å². The second kappa shape index (κ2) is 9.39. The van der Waals surface area contributed by atoms with Crippen LogP contribution < -0.4 is 10.5 Å². The number of nitrogens with zero attached hydrogens (tertiary/aromatic N) is 4. The highest BCUT2D eigenvalue weighted by Crippen LogP contribution is 2.35. The molecule has 8 heteroatoms. The summed E-state index contributed by atoms with van der Waals surface area (Å²) in [6.45, 7) is 7.22. The van der Waals surface area contributed by atoms with E-state index < -0.39 is 0 Å². The lowest BCUT2D eigenvalue weighted by Gasteiger charge is -2.25. The number of carbonyl (C=O) groups excluding carboxylic acids is 1. The number of rotatable bonds is 7. The number of pyridine rings is 1. The first-order valence-corrected chi connectivity index (χ1v) is 10.6. The van der Waals surface area contributed by atoms with Crippen molar-refractivity contribution in [2.75, 3.05) is 25.0 Å². The van der Waals surface area contributed by atoms with Crippen LogP contribution in [-0.2, 0) is 11.8 Å². The number of unbranched alkanes of at least 4 members (excludes halogenated alkanes) is 1. The molecule has 1 aliphatic rings. The zero-order valence-corrected chi connectivity index (χ0v) is 18.7. The van der Waals surface area contributed by atoms with E-state index in [-0.39, 0.29) is 17.0 Å². The number of nitriles is 1. The van der Waals surface area contributed by atoms with Crippen molar-refractivity contribution in [3.05, 3.63) is 31.9 Å². The van der Waals surface area contributed by atoms with E-state index in [2.05, 4.69) is 6.92 Å². The van der Waals surface area contributed by atoms with Gasteiger partial charge in [-0.15, -0.1) is 0 Å². The summed E-state index contributed by atoms with van der Waals surface area (Å²) in [5, 5.41) is 9.49. The molecule has 6 nitrogen and oxygen atoms in total. The van der Waals surface area contributed by atoms with Crippen molar-refractivity contribution < 1.29 is 4.79 Å². The Morgan fingerprint density at radius 3 is 2.54 bits per heavy atom. The van der Waals surface area contributed by atoms with Gasteiger partial charge in [0.1, 0.15) is 21.8 Å². The molecule has 1 aliphatic heterocycles. The molecule has 0 radical (unpaired) electrons. The first kappa shape index (κ1) is 22.2. The minimum atomic E-state index is -0.325. The summed E-state index contributed by atoms with van der Waals surface area (Å²) < 4.78 is 2.04. The van der Waals surface area contributed by atoms with Gasteiger partial charge in [-0.05, 0) is 31.4 Å². The molecule has 1 fully saturated rings. The fourth-order valence-electron chi connectivity index (χ4n) is 3.22. The standard InChI is InChI=1S/C20H26N4O2S2/c1-6-8-10-22(4)17-14(13(3)15(12-21)18(25)23(17)5)11-16-19(26)24(9-7-2)20(27)28-16/h11H,6-10H2,1-5H3/b16-11-. The maximum absolute atomic E-state index is 12.8. The first-order chi connectivity index (χ1) is 13.3. The molecule has 0 spiro atoms. The second-order valence-electron chi connectivity index (χ2n) is 6.82. The summed E-state index contributed by atoms with van der Waals surface area (Å²) in [6.07, 6.45) is 4.60. The molecule has 28 heavy (non-hydrogen) atoms. The molecule has 0 unspecified atom stereocenters. The van der Waals surface area contributed by atoms with Crippen LogP contribution >= 0.6 is 24.0 Å². The van der Waals surface area contributed by atoms with Crippen LogP contribution in [0.3, 0.4) is 0 Å². The van der Waals surface area contributed by atoms with Gasteiger partial charge >= 0.3 is 0 Å². The van der Waals surface area contributed by atoms with Crippen molar-refractivity contribution in [3.8, 4) is 6.07 Å². The van der Waals surface area contributed by atoms with E-state index in [0.29, 0.717) is 32.7 Å². The van der Waals surface area contributed by atoms with Gasteiger partial charge in [0.05, 0.1) is 4.91 Å². The van der Waals surface area contributed by atoms with E-state index in [1.165, 1.54) is 16.3 Å². The number of hydrogen-bond acceptors (Lipinski definition) is 6. The van der Waals surface area contributed by atoms with Gasteiger partial charge < -0.3 is 4.90 Å². The van der Waals surface area contributed by atoms with E-state index in [0.717, 1.165) is 25.8 Å². The lowest BCUT2D eigenvalue weighted by Crippen LogP contribution is -2.31. The van der Waals surface area contributed by atoms with Gasteiger partial charge in [0.15, 0.2) is 0 Å². The zero-order valence-electron chi connectivity index (χ0n) is 17.0. The molecule has 1 amide bonds. The Bertz CT molecular complexity index is 928. The van der Waals surface area contributed by atoms with Crippen LogP contribution in [0.1, 0.15) is 49.8 Å². The first-order valence-electron chi connectivity index (χ1n) is 9.38. The highest BCUT2D eigenvalue weighted by molar-refractivity contribution is 8.26. The molecule has 0 saturated carbocycles. The Morgan fingerprint density at radius 2 is 1.96 bits per heavy atom. The molecular formula is C20H26N4O2S2. The quantitative estimate of drug-likeness (QED) is 0.499. The smallest absolute Gasteiger partial charge is 0.270 e. The number of hydrogen-bond donors (Lipinski definition) is 0. The van der Waals surface area contributed by atoms with Crippen molar-refractivity contribution in [1.29, 1.82) is 5.26 Å². The third-order valence-electron chi connectivity index (χ3n) is 4.77. The van der Waals surface area contributed by atoms with Gasteiger partial charge in [0.25, 0.3) is 11.5 Å². The highest BCUT2D eigenvalue weighted by Gasteiger charge is 2.32. The third kappa shape index (κ3) is 4.15. The van der Waals surface area contributed by atoms with Crippen molar-refractivity contribution in [2.24, 2.45) is 7.05 Å². The second-order valence-corrected chi connectivity index (χ2v) is 8.50. The van der Waals surface area contributed by atoms with Gasteiger partial charge in [0.2, 0.25) is 0 Å². The Balaban J connectivity index is 2.67. The van der Waals surface area contributed by atoms with Crippen LogP contribution in [-0.4, -0.2) is 39.8 Å². The van der Waals surface area contributed by atoms with Crippen molar-refractivity contribution >= 4 is 46.1 Å². The normalized spacial score (nSPS) is 15.4. The molecule has 0 bridgehead atoms. The molecule has 0 atom stereocenters. The number of amides is 1. The van der Waals surface area contributed by atoms with Gasteiger partial charge in [-0.3, -0.25) is 19.1 Å². The van der Waals surface area contributed by atoms with Gasteiger partial charge in [0, 0.05) is 32.7 Å². The number of aromatic nitrogens is 1. The fraction of sp³-hybridized carbons (Fsp3) is 0.500. The van der Waals surface area contributed by atoms with Crippen molar-refractivity contribution in [3.63, 3.8) is 0 Å². The van der Waals surface area contributed by atoms with E-state index in [1.54, 1.807) is 24.9 Å². The molecular weight excluding hydrogens is 392 g/mol. The number of thiocarbonyl (C=S) groups is 1. The Morgan fingerprint density at radius 1 is 1.29 bits per heavy atom. The molecule has 150 valence electrons. The van der Waals surface area contributed by atoms with Gasteiger partial charge in [-0.1, -0.05) is 44.2 Å². The fourth-order valence-corrected chi connectivity index (χ4v) is 4.51. The number of carbonyl (C=O) groups is 1. The minimum Gasteiger partial charge on any atom is -0.360 e. The van der Waals surface area contributed by atoms with Crippen LogP contribution in [0, 0.1) is 18.3 Å². The minimum absolute atomic E-state index is 0.102. The average Bonchev–Trinajstić information content (AvgIpc) is 2.92. The molecule has 2 heterocycles. The van der Waals surface area contributed by atoms with E-state index in [4.69, 9.17) is 12.2 Å². The lowest BCUT2D eigenvalue weighted by atomic mass is 10.0. The van der Waals surface area contributed by atoms with E-state index in [1.807, 2.05) is 24.9 Å². The van der Waals surface area contributed by atoms with E-state index in [9.17, 15) is 14.9 Å². The highest BCUT2D eigenvalue weighted by atomic mass is 32.2. The predicted molar refractivity (Wildman–Crippen MR) is 119 cm³/mol. The summed E-state index contributed by atoms with van der Waals surface area (Å²) in [5.41, 5.74) is 1.08. The summed E-state index contributed by atoms with van der Waals surface area (Å²) >= 11 is 6.62. The monoisotopic (exact) mass is 418 g/mol. The molecule has 1 aromatic rings. The maximum Gasteiger partial charge on any atom is 0.270 e. The Kier molecular flexibility index (Phi) is 7.44. The molecule has 2 rings (SSSR count). The van der Waals surface area contributed by atoms with Crippen LogP contribution in [0.4, 0.5) is 5.82 Å². The summed E-state index contributed by atoms with van der Waals surface area (Å²) in [7, 11) is 3.59. The zero-order chi connectivity index (χ0) is 21.0. The molecule has 1 aromatic heterocycles. The van der Waals surface area contributed by atoms with Crippen molar-refractivity contribution in [2.45, 2.75) is 40.0 Å². The summed E-state index contributed by atoms with van der Waals surface area (Å²) in [4.78, 5) is 29.6. The van der Waals surface area contributed by atoms with Crippen LogP contribution in [0.5, 0.6) is 0 Å². The lowest BCUT2D eigenvalue weighted by molar-refractivity contribution is -0.122. The largest absolute Gasteiger partial charge is 0.360 e. The maximum atomic E-state index is 12.8. The number of anilines is 1. The van der Waals surface area contributed by atoms with Gasteiger partial charge in [-0.2, -0.15) is 5.26 Å². The molecule has 0 N–H and O–H groups in total. The average molecular weight is 419 g/mol. The third-order valence-corrected chi connectivity index (χ3v) is 6.15. The van der Waals surface area contributed by atoms with Crippen molar-refractivity contribution in [1.82, 2.24) is 9.47 Å². The van der Waals surface area contributed by atoms with E-state index >= 15 is 0 Å². The SMILES string of the molecule is CCCCN(C)c1c(/C=C2\SC(=S)N(CCC)C2=O)c(C)c(C#N)c(=O)n1C. The predicted octanol–water partition coefficient (Wildman–Crippen LogP) is 3.41. The molecule has 1 saturated heterocycles. The summed E-state index contributed by atoms with van der Waals surface area (Å²) in [5.74, 6) is 0.585. The Hall–Kier alpha value is -2.11. The molecule has 0 aromatic carbocycles. The van der Waals surface area contributed by atoms with Crippen LogP contribution in [0.2, 0.25) is 0 Å². The summed E-state index contributed by atoms with van der Waals surface area (Å²) in [6, 6.07) is 2.02. The number of thioether (sulfide) groups is 1.